The van der Waals surface area contributed by atoms with Gasteiger partial charge in [-0.3, -0.25) is 0 Å². The summed E-state index contributed by atoms with van der Waals surface area (Å²) in [6.07, 6.45) is 4.55. The quantitative estimate of drug-likeness (QED) is 0.180. The van der Waals surface area contributed by atoms with Gasteiger partial charge in [0.25, 0.3) is 0 Å². The van der Waals surface area contributed by atoms with Crippen LogP contribution in [0.2, 0.25) is 0 Å². The minimum atomic E-state index is -0.875. The van der Waals surface area contributed by atoms with Crippen molar-refractivity contribution in [1.82, 2.24) is 4.57 Å². The second-order valence-corrected chi connectivity index (χ2v) is 17.8. The molecular formula is C53H47NO2. The molecule has 7 aromatic carbocycles. The standard InChI is InChI=1S/C53H47NO2/c1-32-39-28-29-53(34-18-24-38(55-8)25-19-34,56-50(39)43-15-11-14-42-40-12-9-10-13-41(40)48(32)49(42)43)33-16-22-37(23-17-33)54-46-26-20-35(51(2,3)4)30-44(46)45-31-36(52(5,6)7)21-27-47(45)54/h9-31H,1-8H3. The predicted octanol–water partition coefficient (Wildman–Crippen LogP) is 13.8. The van der Waals surface area contributed by atoms with Crippen molar-refractivity contribution >= 4 is 38.7 Å². The predicted molar refractivity (Wildman–Crippen MR) is 235 cm³/mol. The first kappa shape index (κ1) is 34.4. The lowest BCUT2D eigenvalue weighted by molar-refractivity contribution is 0.163. The molecule has 56 heavy (non-hydrogen) atoms. The summed E-state index contributed by atoms with van der Waals surface area (Å²) in [5, 5.41) is 4.98. The summed E-state index contributed by atoms with van der Waals surface area (Å²) in [6.45, 7) is 16.0. The Balaban J connectivity index is 1.16. The average molecular weight is 730 g/mol. The molecule has 3 nitrogen and oxygen atoms in total. The van der Waals surface area contributed by atoms with E-state index in [9.17, 15) is 0 Å². The molecule has 0 spiro atoms. The van der Waals surface area contributed by atoms with E-state index in [2.05, 4.69) is 180 Å². The summed E-state index contributed by atoms with van der Waals surface area (Å²) in [6, 6.07) is 46.8. The van der Waals surface area contributed by atoms with Gasteiger partial charge in [0.2, 0.25) is 0 Å². The number of hydrogen-bond acceptors (Lipinski definition) is 2. The number of ether oxygens (including phenoxy) is 2. The van der Waals surface area contributed by atoms with Gasteiger partial charge in [-0.2, -0.15) is 0 Å². The maximum Gasteiger partial charge on any atom is 0.178 e. The zero-order valence-corrected chi connectivity index (χ0v) is 33.5. The smallest absolute Gasteiger partial charge is 0.178 e. The van der Waals surface area contributed by atoms with Crippen LogP contribution in [0.5, 0.6) is 11.5 Å². The molecule has 1 aromatic heterocycles. The van der Waals surface area contributed by atoms with E-state index in [1.54, 1.807) is 7.11 Å². The molecule has 0 N–H and O–H groups in total. The summed E-state index contributed by atoms with van der Waals surface area (Å²) in [7, 11) is 1.71. The maximum absolute atomic E-state index is 7.52. The van der Waals surface area contributed by atoms with Crippen LogP contribution in [-0.4, -0.2) is 11.7 Å². The Morgan fingerprint density at radius 3 is 1.75 bits per heavy atom. The first-order chi connectivity index (χ1) is 26.9. The Bertz CT molecular complexity index is 2860. The molecule has 0 bridgehead atoms. The molecule has 10 rings (SSSR count). The fraction of sp³-hybridized carbons (Fsp3) is 0.208. The van der Waals surface area contributed by atoms with E-state index in [4.69, 9.17) is 9.47 Å². The number of rotatable bonds is 4. The number of hydrogen-bond donors (Lipinski definition) is 0. The van der Waals surface area contributed by atoms with E-state index in [0.717, 1.165) is 39.3 Å². The topological polar surface area (TPSA) is 23.4 Å². The lowest BCUT2D eigenvalue weighted by Crippen LogP contribution is -2.34. The highest BCUT2D eigenvalue weighted by Crippen LogP contribution is 2.55. The molecular weight excluding hydrogens is 683 g/mol. The lowest BCUT2D eigenvalue weighted by atomic mass is 9.82. The highest BCUT2D eigenvalue weighted by atomic mass is 16.5. The molecule has 2 heterocycles. The molecule has 1 atom stereocenters. The van der Waals surface area contributed by atoms with Gasteiger partial charge in [-0.05, 0) is 111 Å². The van der Waals surface area contributed by atoms with E-state index in [1.165, 1.54) is 66.1 Å². The Morgan fingerprint density at radius 2 is 1.16 bits per heavy atom. The van der Waals surface area contributed by atoms with E-state index >= 15 is 0 Å². The van der Waals surface area contributed by atoms with Gasteiger partial charge < -0.3 is 14.0 Å². The van der Waals surface area contributed by atoms with Gasteiger partial charge in [-0.25, -0.2) is 0 Å². The van der Waals surface area contributed by atoms with Crippen LogP contribution in [0.1, 0.15) is 74.9 Å². The van der Waals surface area contributed by atoms with Gasteiger partial charge >= 0.3 is 0 Å². The van der Waals surface area contributed by atoms with Crippen LogP contribution < -0.4 is 9.47 Å². The molecule has 0 saturated carbocycles. The molecule has 0 saturated heterocycles. The van der Waals surface area contributed by atoms with Crippen LogP contribution >= 0.6 is 0 Å². The number of nitrogens with zero attached hydrogens (tertiary/aromatic N) is 1. The summed E-state index contributed by atoms with van der Waals surface area (Å²) in [4.78, 5) is 0. The first-order valence-electron chi connectivity index (χ1n) is 19.8. The second-order valence-electron chi connectivity index (χ2n) is 17.8. The third kappa shape index (κ3) is 4.96. The molecule has 0 amide bonds. The zero-order valence-electron chi connectivity index (χ0n) is 33.5. The van der Waals surface area contributed by atoms with Crippen LogP contribution in [0.4, 0.5) is 0 Å². The molecule has 2 aliphatic rings. The third-order valence-electron chi connectivity index (χ3n) is 12.4. The van der Waals surface area contributed by atoms with E-state index in [-0.39, 0.29) is 10.8 Å². The van der Waals surface area contributed by atoms with Gasteiger partial charge in [-0.15, -0.1) is 0 Å². The van der Waals surface area contributed by atoms with Crippen LogP contribution in [0.15, 0.2) is 133 Å². The van der Waals surface area contributed by atoms with Crippen molar-refractivity contribution in [3.63, 3.8) is 0 Å². The minimum absolute atomic E-state index is 0.0442. The van der Waals surface area contributed by atoms with Gasteiger partial charge in [0.05, 0.1) is 18.1 Å². The van der Waals surface area contributed by atoms with Crippen molar-refractivity contribution in [2.75, 3.05) is 7.11 Å². The molecule has 276 valence electrons. The molecule has 0 radical (unpaired) electrons. The van der Waals surface area contributed by atoms with Crippen molar-refractivity contribution in [3.8, 4) is 39.4 Å². The summed E-state index contributed by atoms with van der Waals surface area (Å²) >= 11 is 0. The second kappa shape index (κ2) is 12.0. The fourth-order valence-corrected chi connectivity index (χ4v) is 9.26. The Morgan fingerprint density at radius 1 is 0.589 bits per heavy atom. The highest BCUT2D eigenvalue weighted by Gasteiger charge is 2.40. The number of fused-ring (bicyclic) bond motifs is 8. The molecule has 3 heteroatoms. The molecule has 0 fully saturated rings. The normalized spacial score (nSPS) is 16.0. The van der Waals surface area contributed by atoms with Gasteiger partial charge in [0, 0.05) is 43.9 Å². The molecule has 1 aliphatic carbocycles. The van der Waals surface area contributed by atoms with Gasteiger partial charge in [0.15, 0.2) is 5.60 Å². The van der Waals surface area contributed by atoms with Gasteiger partial charge in [-0.1, -0.05) is 126 Å². The van der Waals surface area contributed by atoms with Crippen LogP contribution in [-0.2, 0) is 16.4 Å². The third-order valence-corrected chi connectivity index (χ3v) is 12.4. The van der Waals surface area contributed by atoms with Crippen LogP contribution in [0.3, 0.4) is 0 Å². The number of benzene rings is 7. The maximum atomic E-state index is 7.52. The SMILES string of the molecule is COc1ccc(C2(c3ccc(-n4c5ccc(C(C)(C)C)cc5c5cc(C(C)(C)C)ccc54)cc3)C=Cc3c(C)c4c5c(cccc5c3O2)-c2ccccc2-4)cc1. The summed E-state index contributed by atoms with van der Waals surface area (Å²) in [5.41, 5.74) is 15.1. The summed E-state index contributed by atoms with van der Waals surface area (Å²) in [5.74, 6) is 1.74. The van der Waals surface area contributed by atoms with Crippen molar-refractivity contribution in [2.45, 2.75) is 64.9 Å². The largest absolute Gasteiger partial charge is 0.497 e. The highest BCUT2D eigenvalue weighted by molar-refractivity contribution is 6.19. The Labute approximate surface area is 329 Å². The van der Waals surface area contributed by atoms with E-state index < -0.39 is 5.60 Å². The van der Waals surface area contributed by atoms with Crippen molar-refractivity contribution < 1.29 is 9.47 Å². The molecule has 8 aromatic rings. The number of aromatic nitrogens is 1. The Kier molecular flexibility index (Phi) is 7.36. The lowest BCUT2D eigenvalue weighted by Gasteiger charge is -2.37. The molecule has 1 aliphatic heterocycles. The summed E-state index contributed by atoms with van der Waals surface area (Å²) < 4.78 is 15.6. The van der Waals surface area contributed by atoms with Crippen LogP contribution in [0, 0.1) is 6.92 Å². The average Bonchev–Trinajstić information content (AvgIpc) is 3.72. The first-order valence-corrected chi connectivity index (χ1v) is 19.8. The van der Waals surface area contributed by atoms with Crippen molar-refractivity contribution in [3.05, 3.63) is 167 Å². The minimum Gasteiger partial charge on any atom is -0.497 e. The van der Waals surface area contributed by atoms with Gasteiger partial charge in [0.1, 0.15) is 11.5 Å². The van der Waals surface area contributed by atoms with Crippen LogP contribution in [0.25, 0.3) is 66.6 Å². The zero-order chi connectivity index (χ0) is 38.7. The van der Waals surface area contributed by atoms with Crippen molar-refractivity contribution in [1.29, 1.82) is 0 Å². The monoisotopic (exact) mass is 729 g/mol. The van der Waals surface area contributed by atoms with E-state index in [1.807, 2.05) is 12.1 Å². The van der Waals surface area contributed by atoms with Crippen molar-refractivity contribution in [2.24, 2.45) is 0 Å². The number of methoxy groups -OCH3 is 1. The van der Waals surface area contributed by atoms with E-state index in [0.29, 0.717) is 0 Å². The fourth-order valence-electron chi connectivity index (χ4n) is 9.26. The molecule has 1 unspecified atom stereocenters. The Hall–Kier alpha value is -6.06.